The van der Waals surface area contributed by atoms with E-state index in [4.69, 9.17) is 26.1 Å². The molecule has 200 valence electrons. The second-order valence-corrected chi connectivity index (χ2v) is 11.7. The molecular formula is C28H34ClN7O2. The fraction of sp³-hybridized carbons (Fsp3) is 0.536. The topological polar surface area (TPSA) is 106 Å². The van der Waals surface area contributed by atoms with Crippen molar-refractivity contribution in [3.8, 4) is 22.8 Å². The zero-order valence-electron chi connectivity index (χ0n) is 22.2. The van der Waals surface area contributed by atoms with Crippen LogP contribution >= 0.6 is 11.6 Å². The molecule has 2 aliphatic rings. The molecule has 1 aliphatic heterocycles. The van der Waals surface area contributed by atoms with E-state index >= 15 is 0 Å². The number of rotatable bonds is 5. The first kappa shape index (κ1) is 25.1. The van der Waals surface area contributed by atoms with Gasteiger partial charge in [-0.05, 0) is 69.9 Å². The van der Waals surface area contributed by atoms with Crippen LogP contribution < -0.4 is 10.7 Å². The number of anilines is 1. The van der Waals surface area contributed by atoms with Gasteiger partial charge in [0.1, 0.15) is 5.69 Å². The molecule has 0 radical (unpaired) electrons. The van der Waals surface area contributed by atoms with E-state index in [1.165, 1.54) is 32.1 Å². The molecule has 0 amide bonds. The van der Waals surface area contributed by atoms with Crippen LogP contribution in [0.1, 0.15) is 65.7 Å². The van der Waals surface area contributed by atoms with Crippen LogP contribution in [0.5, 0.6) is 0 Å². The molecule has 5 heterocycles. The van der Waals surface area contributed by atoms with E-state index < -0.39 is 5.76 Å². The zero-order chi connectivity index (χ0) is 26.4. The maximum absolute atomic E-state index is 11.7. The van der Waals surface area contributed by atoms with E-state index in [9.17, 15) is 4.79 Å². The summed E-state index contributed by atoms with van der Waals surface area (Å²) in [6.45, 7) is 7.84. The van der Waals surface area contributed by atoms with Crippen molar-refractivity contribution in [2.75, 3.05) is 4.90 Å². The normalized spacial score (nSPS) is 24.3. The largest absolute Gasteiger partial charge is 0.439 e. The number of aromatic amines is 1. The third-order valence-corrected chi connectivity index (χ3v) is 8.57. The first-order chi connectivity index (χ1) is 18.4. The minimum atomic E-state index is -0.624. The number of hydrogen-bond donors (Lipinski definition) is 1. The summed E-state index contributed by atoms with van der Waals surface area (Å²) in [5.41, 5.74) is 3.76. The van der Waals surface area contributed by atoms with Crippen molar-refractivity contribution in [2.45, 2.75) is 84.3 Å². The molecular weight excluding hydrogens is 502 g/mol. The Bertz CT molecular complexity index is 1490. The van der Waals surface area contributed by atoms with Gasteiger partial charge >= 0.3 is 5.76 Å². The molecule has 0 unspecified atom stereocenters. The Hall–Kier alpha value is -3.20. The summed E-state index contributed by atoms with van der Waals surface area (Å²) in [6, 6.07) is 4.54. The van der Waals surface area contributed by atoms with Gasteiger partial charge in [0, 0.05) is 36.6 Å². The third kappa shape index (κ3) is 4.72. The Morgan fingerprint density at radius 3 is 2.47 bits per heavy atom. The smallest absolute Gasteiger partial charge is 0.337 e. The maximum atomic E-state index is 11.7. The van der Waals surface area contributed by atoms with Crippen molar-refractivity contribution in [1.82, 2.24) is 29.7 Å². The lowest BCUT2D eigenvalue weighted by Gasteiger charge is -2.40. The summed E-state index contributed by atoms with van der Waals surface area (Å²) < 4.78 is 7.18. The fourth-order valence-corrected chi connectivity index (χ4v) is 6.48. The van der Waals surface area contributed by atoms with Gasteiger partial charge in [-0.1, -0.05) is 36.5 Å². The number of nitrogens with one attached hydrogen (secondary N) is 1. The molecule has 2 fully saturated rings. The van der Waals surface area contributed by atoms with Gasteiger partial charge in [-0.2, -0.15) is 0 Å². The molecule has 0 bridgehead atoms. The number of H-pyrrole nitrogens is 1. The standard InChI is InChI=1S/C28H34ClN7O2/c1-16-7-9-19(10-8-16)15-35-25-22(32-27(35)36-17(2)5-4-6-18(36)3)12-23(26-33-28(37)38-34-26)31-24(25)20-11-21(29)14-30-13-20/h11-14,16-19H,4-10,15H2,1-3H3,(H,33,34,37)/t16-,17-,18-,19-/m1/s1. The second-order valence-electron chi connectivity index (χ2n) is 11.2. The first-order valence-electron chi connectivity index (χ1n) is 13.7. The number of nitrogens with zero attached hydrogens (tertiary/aromatic N) is 6. The van der Waals surface area contributed by atoms with E-state index in [1.54, 1.807) is 12.4 Å². The highest BCUT2D eigenvalue weighted by atomic mass is 35.5. The number of imidazole rings is 1. The Kier molecular flexibility index (Phi) is 6.72. The quantitative estimate of drug-likeness (QED) is 0.330. The van der Waals surface area contributed by atoms with E-state index in [2.05, 4.69) is 45.4 Å². The molecule has 38 heavy (non-hydrogen) atoms. The van der Waals surface area contributed by atoms with Crippen LogP contribution in [0, 0.1) is 11.8 Å². The molecule has 0 aromatic carbocycles. The van der Waals surface area contributed by atoms with Crippen LogP contribution in [-0.2, 0) is 6.54 Å². The minimum absolute atomic E-state index is 0.269. The Balaban J connectivity index is 1.59. The molecule has 6 rings (SSSR count). The lowest BCUT2D eigenvalue weighted by atomic mass is 9.83. The van der Waals surface area contributed by atoms with Gasteiger partial charge in [-0.15, -0.1) is 0 Å². The van der Waals surface area contributed by atoms with Crippen molar-refractivity contribution in [3.63, 3.8) is 0 Å². The monoisotopic (exact) mass is 535 g/mol. The van der Waals surface area contributed by atoms with Crippen molar-refractivity contribution < 1.29 is 4.52 Å². The molecule has 1 N–H and O–H groups in total. The molecule has 4 aromatic rings. The molecule has 10 heteroatoms. The molecule has 1 aliphatic carbocycles. The van der Waals surface area contributed by atoms with Gasteiger partial charge in [0.2, 0.25) is 11.8 Å². The van der Waals surface area contributed by atoms with Crippen LogP contribution in [0.4, 0.5) is 5.95 Å². The molecule has 4 aromatic heterocycles. The van der Waals surface area contributed by atoms with Gasteiger partial charge in [-0.25, -0.2) is 14.8 Å². The van der Waals surface area contributed by atoms with E-state index in [1.807, 2.05) is 12.1 Å². The summed E-state index contributed by atoms with van der Waals surface area (Å²) in [5.74, 6) is 2.00. The van der Waals surface area contributed by atoms with Crippen molar-refractivity contribution >= 4 is 28.6 Å². The number of fused-ring (bicyclic) bond motifs is 1. The molecule has 1 saturated heterocycles. The van der Waals surface area contributed by atoms with E-state index in [-0.39, 0.29) is 5.82 Å². The van der Waals surface area contributed by atoms with Crippen LogP contribution in [0.25, 0.3) is 33.8 Å². The summed E-state index contributed by atoms with van der Waals surface area (Å²) >= 11 is 6.38. The Morgan fingerprint density at radius 1 is 1.03 bits per heavy atom. The van der Waals surface area contributed by atoms with Gasteiger partial charge in [0.15, 0.2) is 0 Å². The maximum Gasteiger partial charge on any atom is 0.439 e. The molecule has 2 atom stereocenters. The number of halogens is 1. The number of piperidine rings is 1. The van der Waals surface area contributed by atoms with Gasteiger partial charge < -0.3 is 9.47 Å². The van der Waals surface area contributed by atoms with Crippen molar-refractivity contribution in [2.24, 2.45) is 11.8 Å². The number of hydrogen-bond acceptors (Lipinski definition) is 7. The highest BCUT2D eigenvalue weighted by Crippen LogP contribution is 2.39. The van der Waals surface area contributed by atoms with Gasteiger partial charge in [0.25, 0.3) is 0 Å². The second kappa shape index (κ2) is 10.2. The predicted octanol–water partition coefficient (Wildman–Crippen LogP) is 6.08. The fourth-order valence-electron chi connectivity index (χ4n) is 6.30. The van der Waals surface area contributed by atoms with Gasteiger partial charge in [0.05, 0.1) is 21.7 Å². The van der Waals surface area contributed by atoms with Gasteiger partial charge in [-0.3, -0.25) is 14.5 Å². The third-order valence-electron chi connectivity index (χ3n) is 8.37. The van der Waals surface area contributed by atoms with Crippen LogP contribution in [0.3, 0.4) is 0 Å². The zero-order valence-corrected chi connectivity index (χ0v) is 22.9. The van der Waals surface area contributed by atoms with Crippen LogP contribution in [-0.4, -0.2) is 41.7 Å². The van der Waals surface area contributed by atoms with Crippen molar-refractivity contribution in [3.05, 3.63) is 40.1 Å². The SMILES string of the molecule is C[C@@H]1CCC[C@@H](C)N1c1nc2cc(-c3noc(=O)[nH]3)nc(-c3cncc(Cl)c3)c2n1C[C@H]1CC[C@H](C)CC1. The predicted molar refractivity (Wildman–Crippen MR) is 148 cm³/mol. The van der Waals surface area contributed by atoms with Crippen LogP contribution in [0.2, 0.25) is 5.02 Å². The van der Waals surface area contributed by atoms with E-state index in [0.29, 0.717) is 28.7 Å². The summed E-state index contributed by atoms with van der Waals surface area (Å²) in [5, 5.41) is 4.43. The lowest BCUT2D eigenvalue weighted by molar-refractivity contribution is 0.265. The Morgan fingerprint density at radius 2 is 1.79 bits per heavy atom. The average molecular weight is 536 g/mol. The number of aromatic nitrogens is 6. The molecule has 9 nitrogen and oxygen atoms in total. The summed E-state index contributed by atoms with van der Waals surface area (Å²) in [7, 11) is 0. The lowest BCUT2D eigenvalue weighted by Crippen LogP contribution is -2.45. The summed E-state index contributed by atoms with van der Waals surface area (Å²) in [4.78, 5) is 31.5. The number of pyridine rings is 2. The molecule has 0 spiro atoms. The van der Waals surface area contributed by atoms with E-state index in [0.717, 1.165) is 53.5 Å². The van der Waals surface area contributed by atoms with Crippen LogP contribution in [0.15, 0.2) is 33.8 Å². The highest BCUT2D eigenvalue weighted by molar-refractivity contribution is 6.30. The molecule has 1 saturated carbocycles. The first-order valence-corrected chi connectivity index (χ1v) is 14.1. The van der Waals surface area contributed by atoms with Crippen molar-refractivity contribution in [1.29, 1.82) is 0 Å². The summed E-state index contributed by atoms with van der Waals surface area (Å²) in [6.07, 6.45) is 11.8. The highest BCUT2D eigenvalue weighted by Gasteiger charge is 2.32. The Labute approximate surface area is 226 Å². The minimum Gasteiger partial charge on any atom is -0.337 e. The average Bonchev–Trinajstić information content (AvgIpc) is 3.48.